The quantitative estimate of drug-likeness (QED) is 0.623. The predicted molar refractivity (Wildman–Crippen MR) is 124 cm³/mol. The molecule has 0 unspecified atom stereocenters. The number of amides is 1. The second-order valence-corrected chi connectivity index (χ2v) is 10.0. The maximum Gasteiger partial charge on any atom is 0.241 e. The van der Waals surface area contributed by atoms with Crippen LogP contribution >= 0.6 is 0 Å². The van der Waals surface area contributed by atoms with E-state index in [1.807, 2.05) is 25.4 Å². The van der Waals surface area contributed by atoms with E-state index in [2.05, 4.69) is 27.3 Å². The monoisotopic (exact) mass is 445 g/mol. The number of carbonyl (C=O) groups excluding carboxylic acids is 1. The zero-order valence-electron chi connectivity index (χ0n) is 18.6. The summed E-state index contributed by atoms with van der Waals surface area (Å²) in [5.74, 6) is 1.72. The Kier molecular flexibility index (Phi) is 3.99. The molecular weight excluding hydrogens is 418 g/mol. The molecule has 0 bridgehead atoms. The number of nitrogens with one attached hydrogen (secondary N) is 2. The molecule has 2 N–H and O–H groups in total. The first-order valence-electron chi connectivity index (χ1n) is 12.0. The summed E-state index contributed by atoms with van der Waals surface area (Å²) in [4.78, 5) is 21.4. The third-order valence-corrected chi connectivity index (χ3v) is 7.44. The number of nitrogens with zero attached hydrogens (tertiary/aromatic N) is 3. The van der Waals surface area contributed by atoms with Crippen molar-refractivity contribution in [2.75, 3.05) is 18.4 Å². The number of fused-ring (bicyclic) bond motifs is 2. The number of imidazole rings is 1. The predicted octanol–water partition coefficient (Wildman–Crippen LogP) is 3.67. The van der Waals surface area contributed by atoms with E-state index in [0.29, 0.717) is 24.9 Å². The summed E-state index contributed by atoms with van der Waals surface area (Å²) < 4.78 is 14.9. The minimum Gasteiger partial charge on any atom is -0.483 e. The van der Waals surface area contributed by atoms with Crippen molar-refractivity contribution in [1.29, 1.82) is 0 Å². The van der Waals surface area contributed by atoms with Gasteiger partial charge in [0.2, 0.25) is 11.8 Å². The minimum atomic E-state index is -0.134. The Balaban J connectivity index is 1.27. The zero-order chi connectivity index (χ0) is 22.2. The molecule has 4 aliphatic rings. The molecule has 1 spiro atoms. The number of aromatic nitrogens is 3. The number of ether oxygens (including phenoxy) is 2. The van der Waals surface area contributed by atoms with E-state index in [-0.39, 0.29) is 23.5 Å². The summed E-state index contributed by atoms with van der Waals surface area (Å²) in [6, 6.07) is 8.70. The molecule has 7 rings (SSSR count). The Morgan fingerprint density at radius 1 is 1.24 bits per heavy atom. The van der Waals surface area contributed by atoms with Crippen LogP contribution in [0, 0.1) is 5.92 Å². The third kappa shape index (κ3) is 3.31. The fraction of sp³-hybridized carbons (Fsp3) is 0.480. The van der Waals surface area contributed by atoms with Gasteiger partial charge in [-0.25, -0.2) is 9.97 Å². The van der Waals surface area contributed by atoms with Gasteiger partial charge in [0.1, 0.15) is 23.0 Å². The second-order valence-electron chi connectivity index (χ2n) is 10.0. The summed E-state index contributed by atoms with van der Waals surface area (Å²) in [6.45, 7) is 3.52. The Bertz CT molecular complexity index is 1280. The maximum atomic E-state index is 11.7. The summed E-state index contributed by atoms with van der Waals surface area (Å²) >= 11 is 0. The van der Waals surface area contributed by atoms with Crippen LogP contribution in [0.5, 0.6) is 11.6 Å². The molecular formula is C25H27N5O3. The number of carbonyl (C=O) groups is 1. The molecule has 0 radical (unpaired) electrons. The highest BCUT2D eigenvalue weighted by Crippen LogP contribution is 2.47. The van der Waals surface area contributed by atoms with E-state index in [0.717, 1.165) is 66.0 Å². The second kappa shape index (κ2) is 6.85. The van der Waals surface area contributed by atoms with E-state index in [4.69, 9.17) is 19.4 Å². The number of anilines is 1. The lowest BCUT2D eigenvalue weighted by atomic mass is 10.0. The average Bonchev–Trinajstić information content (AvgIpc) is 3.72. The lowest BCUT2D eigenvalue weighted by molar-refractivity contribution is -0.119. The van der Waals surface area contributed by atoms with Crippen LogP contribution in [-0.2, 0) is 4.79 Å². The van der Waals surface area contributed by atoms with Gasteiger partial charge in [0.05, 0.1) is 29.8 Å². The Labute approximate surface area is 191 Å². The van der Waals surface area contributed by atoms with Crippen molar-refractivity contribution in [3.05, 3.63) is 30.6 Å². The number of pyridine rings is 1. The number of hydrogen-bond donors (Lipinski definition) is 2. The summed E-state index contributed by atoms with van der Waals surface area (Å²) in [7, 11) is 0. The first-order valence-corrected chi connectivity index (χ1v) is 12.0. The van der Waals surface area contributed by atoms with Crippen LogP contribution in [0.1, 0.15) is 45.1 Å². The normalized spacial score (nSPS) is 23.5. The molecule has 2 aliphatic heterocycles. The zero-order valence-corrected chi connectivity index (χ0v) is 18.6. The minimum absolute atomic E-state index is 0.00888. The van der Waals surface area contributed by atoms with Gasteiger partial charge in [-0.1, -0.05) is 0 Å². The van der Waals surface area contributed by atoms with Gasteiger partial charge in [0, 0.05) is 30.5 Å². The van der Waals surface area contributed by atoms with Gasteiger partial charge in [-0.15, -0.1) is 0 Å². The van der Waals surface area contributed by atoms with E-state index >= 15 is 0 Å². The molecule has 2 aliphatic carbocycles. The fourth-order valence-corrected chi connectivity index (χ4v) is 4.98. The first kappa shape index (κ1) is 19.2. The molecule has 1 aromatic carbocycles. The Hall–Kier alpha value is -3.29. The molecule has 3 fully saturated rings. The first-order chi connectivity index (χ1) is 16.1. The third-order valence-electron chi connectivity index (χ3n) is 7.44. The summed E-state index contributed by atoms with van der Waals surface area (Å²) in [5.41, 5.74) is 4.66. The molecule has 2 saturated carbocycles. The Morgan fingerprint density at radius 2 is 2.12 bits per heavy atom. The molecule has 2 atom stereocenters. The van der Waals surface area contributed by atoms with Crippen molar-refractivity contribution in [1.82, 2.24) is 19.9 Å². The summed E-state index contributed by atoms with van der Waals surface area (Å²) in [6.07, 6.45) is 6.80. The lowest BCUT2D eigenvalue weighted by Crippen LogP contribution is -2.32. The van der Waals surface area contributed by atoms with Crippen molar-refractivity contribution in [2.45, 2.75) is 56.8 Å². The van der Waals surface area contributed by atoms with Crippen molar-refractivity contribution in [3.63, 3.8) is 0 Å². The largest absolute Gasteiger partial charge is 0.483 e. The van der Waals surface area contributed by atoms with Crippen molar-refractivity contribution < 1.29 is 14.3 Å². The molecule has 1 saturated heterocycles. The van der Waals surface area contributed by atoms with Gasteiger partial charge in [-0.2, -0.15) is 0 Å². The molecule has 8 nitrogen and oxygen atoms in total. The SMILES string of the molecule is C[C@@H](Oc1nc(-c2ccc3c(c2)NCC2(CC2)O3)cc2ncn(C3CC3)c12)[C@H]1CNC(=O)C1. The van der Waals surface area contributed by atoms with Crippen LogP contribution in [0.2, 0.25) is 0 Å². The molecule has 170 valence electrons. The maximum absolute atomic E-state index is 11.7. The van der Waals surface area contributed by atoms with E-state index in [1.54, 1.807) is 0 Å². The van der Waals surface area contributed by atoms with Crippen LogP contribution in [-0.4, -0.2) is 45.2 Å². The van der Waals surface area contributed by atoms with Gasteiger partial charge < -0.3 is 24.7 Å². The smallest absolute Gasteiger partial charge is 0.241 e. The van der Waals surface area contributed by atoms with Crippen molar-refractivity contribution in [3.8, 4) is 22.9 Å². The van der Waals surface area contributed by atoms with Gasteiger partial charge in [0.15, 0.2) is 0 Å². The van der Waals surface area contributed by atoms with E-state index < -0.39 is 0 Å². The number of hydrogen-bond acceptors (Lipinski definition) is 6. The van der Waals surface area contributed by atoms with Gasteiger partial charge in [-0.05, 0) is 56.9 Å². The van der Waals surface area contributed by atoms with Crippen LogP contribution in [0.3, 0.4) is 0 Å². The van der Waals surface area contributed by atoms with E-state index in [9.17, 15) is 4.79 Å². The van der Waals surface area contributed by atoms with Gasteiger partial charge in [-0.3, -0.25) is 4.79 Å². The van der Waals surface area contributed by atoms with Crippen molar-refractivity contribution in [2.24, 2.45) is 5.92 Å². The van der Waals surface area contributed by atoms with Crippen LogP contribution in [0.25, 0.3) is 22.3 Å². The highest BCUT2D eigenvalue weighted by atomic mass is 16.5. The summed E-state index contributed by atoms with van der Waals surface area (Å²) in [5, 5.41) is 6.44. The fourth-order valence-electron chi connectivity index (χ4n) is 4.98. The average molecular weight is 446 g/mol. The van der Waals surface area contributed by atoms with Crippen molar-refractivity contribution >= 4 is 22.6 Å². The van der Waals surface area contributed by atoms with Crippen LogP contribution in [0.4, 0.5) is 5.69 Å². The topological polar surface area (TPSA) is 90.3 Å². The van der Waals surface area contributed by atoms with Gasteiger partial charge in [0.25, 0.3) is 0 Å². The number of benzene rings is 1. The van der Waals surface area contributed by atoms with Crippen LogP contribution < -0.4 is 20.1 Å². The molecule has 33 heavy (non-hydrogen) atoms. The van der Waals surface area contributed by atoms with Gasteiger partial charge >= 0.3 is 0 Å². The molecule has 8 heteroatoms. The molecule has 4 heterocycles. The standard InChI is InChI=1S/C25H27N5O3/c1-14(16-9-22(31)26-11-16)32-24-23-20(28-13-30(23)17-3-4-17)10-18(29-24)15-2-5-21-19(8-15)27-12-25(33-21)6-7-25/h2,5,8,10,13-14,16-17,27H,3-4,6-7,9,11-12H2,1H3,(H,26,31)/t14-,16-/m1/s1. The number of rotatable bonds is 5. The molecule has 2 aromatic heterocycles. The highest BCUT2D eigenvalue weighted by molar-refractivity contribution is 5.86. The van der Waals surface area contributed by atoms with Crippen LogP contribution in [0.15, 0.2) is 30.6 Å². The molecule has 3 aromatic rings. The Morgan fingerprint density at radius 3 is 2.88 bits per heavy atom. The lowest BCUT2D eigenvalue weighted by Gasteiger charge is -2.27. The highest BCUT2D eigenvalue weighted by Gasteiger charge is 2.47. The van der Waals surface area contributed by atoms with E-state index in [1.165, 1.54) is 0 Å². The molecule has 1 amide bonds.